The summed E-state index contributed by atoms with van der Waals surface area (Å²) >= 11 is 0. The average Bonchev–Trinajstić information content (AvgIpc) is 3.24. The van der Waals surface area contributed by atoms with Crippen molar-refractivity contribution in [2.45, 2.75) is 24.9 Å². The van der Waals surface area contributed by atoms with Crippen LogP contribution in [0.15, 0.2) is 36.5 Å². The number of phenols is 1. The van der Waals surface area contributed by atoms with Crippen LogP contribution in [-0.2, 0) is 4.74 Å². The van der Waals surface area contributed by atoms with E-state index in [0.717, 1.165) is 42.9 Å². The maximum atomic E-state index is 12.7. The van der Waals surface area contributed by atoms with Gasteiger partial charge in [0.05, 0.1) is 6.61 Å². The molecule has 2 fully saturated rings. The molecule has 0 saturated carbocycles. The van der Waals surface area contributed by atoms with Gasteiger partial charge >= 0.3 is 0 Å². The van der Waals surface area contributed by atoms with Gasteiger partial charge in [-0.25, -0.2) is 9.97 Å². The van der Waals surface area contributed by atoms with Gasteiger partial charge in [0, 0.05) is 37.9 Å². The minimum absolute atomic E-state index is 0.0114. The highest BCUT2D eigenvalue weighted by molar-refractivity contribution is 5.94. The zero-order valence-corrected chi connectivity index (χ0v) is 16.7. The number of aromatic nitrogens is 3. The Labute approximate surface area is 174 Å². The van der Waals surface area contributed by atoms with Crippen LogP contribution in [0.2, 0.25) is 0 Å². The number of morpholine rings is 1. The number of carbonyl (C=O) groups is 1. The normalized spacial score (nSPS) is 20.5. The summed E-state index contributed by atoms with van der Waals surface area (Å²) in [5.41, 5.74) is 3.49. The van der Waals surface area contributed by atoms with Gasteiger partial charge in [0.25, 0.3) is 5.91 Å². The fourth-order valence-corrected chi connectivity index (χ4v) is 4.35. The monoisotopic (exact) mass is 407 g/mol. The predicted octanol–water partition coefficient (Wildman–Crippen LogP) is 2.34. The van der Waals surface area contributed by atoms with Crippen LogP contribution in [0.4, 0.5) is 0 Å². The van der Waals surface area contributed by atoms with E-state index in [1.807, 2.05) is 11.1 Å². The van der Waals surface area contributed by atoms with Gasteiger partial charge in [-0.05, 0) is 54.7 Å². The Morgan fingerprint density at radius 2 is 1.97 bits per heavy atom. The number of pyridine rings is 1. The fraction of sp³-hybridized carbons (Fsp3) is 0.409. The van der Waals surface area contributed by atoms with Gasteiger partial charge in [-0.2, -0.15) is 0 Å². The SMILES string of the molecule is O=C(c1ccc(O)cc1)N1CCC(c2ccnc3[nH]c(C4CNCCO4)nc23)CC1. The summed E-state index contributed by atoms with van der Waals surface area (Å²) in [7, 11) is 0. The highest BCUT2D eigenvalue weighted by atomic mass is 16.5. The van der Waals surface area contributed by atoms with Gasteiger partial charge in [0.2, 0.25) is 0 Å². The minimum atomic E-state index is -0.0782. The third-order valence-corrected chi connectivity index (χ3v) is 6.00. The number of H-pyrrole nitrogens is 1. The van der Waals surface area contributed by atoms with Gasteiger partial charge in [0.15, 0.2) is 5.65 Å². The number of carbonyl (C=O) groups excluding carboxylic acids is 1. The molecule has 156 valence electrons. The summed E-state index contributed by atoms with van der Waals surface area (Å²) in [6.07, 6.45) is 3.51. The van der Waals surface area contributed by atoms with Crippen LogP contribution in [0.3, 0.4) is 0 Å². The van der Waals surface area contributed by atoms with Crippen LogP contribution >= 0.6 is 0 Å². The maximum absolute atomic E-state index is 12.7. The van der Waals surface area contributed by atoms with E-state index in [-0.39, 0.29) is 17.8 Å². The number of amides is 1. The van der Waals surface area contributed by atoms with Gasteiger partial charge in [-0.1, -0.05) is 0 Å². The number of hydrogen-bond donors (Lipinski definition) is 3. The number of ether oxygens (including phenoxy) is 1. The summed E-state index contributed by atoms with van der Waals surface area (Å²) in [5.74, 6) is 1.33. The third-order valence-electron chi connectivity index (χ3n) is 6.00. The van der Waals surface area contributed by atoms with Crippen molar-refractivity contribution in [1.29, 1.82) is 0 Å². The molecule has 30 heavy (non-hydrogen) atoms. The lowest BCUT2D eigenvalue weighted by atomic mass is 9.89. The largest absolute Gasteiger partial charge is 0.508 e. The molecule has 1 aromatic carbocycles. The number of piperidine rings is 1. The second-order valence-corrected chi connectivity index (χ2v) is 7.90. The number of aromatic hydroxyl groups is 1. The number of fused-ring (bicyclic) bond motifs is 1. The number of nitrogens with zero attached hydrogens (tertiary/aromatic N) is 3. The molecular formula is C22H25N5O3. The number of rotatable bonds is 3. The number of phenolic OH excluding ortho intramolecular Hbond substituents is 1. The van der Waals surface area contributed by atoms with Crippen molar-refractivity contribution >= 4 is 17.1 Å². The van der Waals surface area contributed by atoms with Gasteiger partial charge < -0.3 is 25.0 Å². The summed E-state index contributed by atoms with van der Waals surface area (Å²) < 4.78 is 5.82. The molecule has 0 radical (unpaired) electrons. The molecule has 0 bridgehead atoms. The second kappa shape index (κ2) is 8.04. The molecule has 2 aliphatic heterocycles. The lowest BCUT2D eigenvalue weighted by Crippen LogP contribution is -2.37. The first-order chi connectivity index (χ1) is 14.7. The molecule has 1 atom stereocenters. The average molecular weight is 407 g/mol. The van der Waals surface area contributed by atoms with Crippen LogP contribution in [0.25, 0.3) is 11.2 Å². The van der Waals surface area contributed by atoms with Crippen molar-refractivity contribution in [2.75, 3.05) is 32.8 Å². The van der Waals surface area contributed by atoms with Gasteiger partial charge in [-0.3, -0.25) is 4.79 Å². The van der Waals surface area contributed by atoms with Crippen molar-refractivity contribution in [3.05, 3.63) is 53.5 Å². The van der Waals surface area contributed by atoms with Crippen LogP contribution in [0.5, 0.6) is 5.75 Å². The second-order valence-electron chi connectivity index (χ2n) is 7.90. The van der Waals surface area contributed by atoms with E-state index in [4.69, 9.17) is 9.72 Å². The van der Waals surface area contributed by atoms with E-state index < -0.39 is 0 Å². The molecule has 1 unspecified atom stereocenters. The first-order valence-electron chi connectivity index (χ1n) is 10.4. The van der Waals surface area contributed by atoms with Crippen molar-refractivity contribution in [2.24, 2.45) is 0 Å². The first-order valence-corrected chi connectivity index (χ1v) is 10.4. The molecule has 3 N–H and O–H groups in total. The molecule has 4 heterocycles. The molecule has 5 rings (SSSR count). The Bertz CT molecular complexity index is 1030. The van der Waals surface area contributed by atoms with Crippen molar-refractivity contribution < 1.29 is 14.6 Å². The fourth-order valence-electron chi connectivity index (χ4n) is 4.35. The Kier molecular flexibility index (Phi) is 5.10. The Hall–Kier alpha value is -2.97. The standard InChI is InChI=1S/C22H25N5O3/c28-16-3-1-15(2-4-16)22(29)27-10-6-14(7-11-27)17-5-8-24-21-19(17)25-20(26-21)18-13-23-9-12-30-18/h1-5,8,14,18,23,28H,6-7,9-13H2,(H,24,25,26). The smallest absolute Gasteiger partial charge is 0.253 e. The molecular weight excluding hydrogens is 382 g/mol. The van der Waals surface area contributed by atoms with Gasteiger partial charge in [0.1, 0.15) is 23.2 Å². The number of aromatic amines is 1. The molecule has 0 spiro atoms. The van der Waals surface area contributed by atoms with Crippen molar-refractivity contribution in [3.8, 4) is 5.75 Å². The Balaban J connectivity index is 1.31. The number of likely N-dealkylation sites (tertiary alicyclic amines) is 1. The van der Waals surface area contributed by atoms with E-state index >= 15 is 0 Å². The number of hydrogen-bond acceptors (Lipinski definition) is 6. The molecule has 2 aromatic heterocycles. The highest BCUT2D eigenvalue weighted by Gasteiger charge is 2.27. The van der Waals surface area contributed by atoms with Crippen LogP contribution < -0.4 is 5.32 Å². The molecule has 8 nitrogen and oxygen atoms in total. The molecule has 3 aromatic rings. The molecule has 0 aliphatic carbocycles. The number of benzene rings is 1. The molecule has 8 heteroatoms. The van der Waals surface area contributed by atoms with Crippen molar-refractivity contribution in [1.82, 2.24) is 25.2 Å². The van der Waals surface area contributed by atoms with E-state index in [1.54, 1.807) is 24.3 Å². The first kappa shape index (κ1) is 19.0. The van der Waals surface area contributed by atoms with Crippen molar-refractivity contribution in [3.63, 3.8) is 0 Å². The summed E-state index contributed by atoms with van der Waals surface area (Å²) in [4.78, 5) is 27.3. The maximum Gasteiger partial charge on any atom is 0.253 e. The predicted molar refractivity (Wildman–Crippen MR) is 111 cm³/mol. The van der Waals surface area contributed by atoms with E-state index in [0.29, 0.717) is 31.2 Å². The zero-order valence-electron chi connectivity index (χ0n) is 16.7. The number of nitrogens with one attached hydrogen (secondary N) is 2. The topological polar surface area (TPSA) is 103 Å². The lowest BCUT2D eigenvalue weighted by Gasteiger charge is -2.32. The Morgan fingerprint density at radius 3 is 2.70 bits per heavy atom. The number of imidazole rings is 1. The summed E-state index contributed by atoms with van der Waals surface area (Å²) in [6.45, 7) is 3.67. The van der Waals surface area contributed by atoms with Gasteiger partial charge in [-0.15, -0.1) is 0 Å². The Morgan fingerprint density at radius 1 is 1.17 bits per heavy atom. The highest BCUT2D eigenvalue weighted by Crippen LogP contribution is 2.33. The third kappa shape index (κ3) is 3.64. The van der Waals surface area contributed by atoms with Crippen LogP contribution in [0, 0.1) is 0 Å². The molecule has 2 aliphatic rings. The molecule has 1 amide bonds. The summed E-state index contributed by atoms with van der Waals surface area (Å²) in [6, 6.07) is 8.49. The summed E-state index contributed by atoms with van der Waals surface area (Å²) in [5, 5.41) is 12.8. The van der Waals surface area contributed by atoms with Crippen LogP contribution in [0.1, 0.15) is 46.6 Å². The van der Waals surface area contributed by atoms with E-state index in [1.165, 1.54) is 5.56 Å². The minimum Gasteiger partial charge on any atom is -0.508 e. The lowest BCUT2D eigenvalue weighted by molar-refractivity contribution is 0.0228. The zero-order chi connectivity index (χ0) is 20.5. The van der Waals surface area contributed by atoms with Crippen LogP contribution in [-0.4, -0.2) is 63.7 Å². The van der Waals surface area contributed by atoms with E-state index in [9.17, 15) is 9.90 Å². The molecule has 2 saturated heterocycles. The van der Waals surface area contributed by atoms with E-state index in [2.05, 4.69) is 21.4 Å². The quantitative estimate of drug-likeness (QED) is 0.616.